The fourth-order valence-electron chi connectivity index (χ4n) is 2.58. The summed E-state index contributed by atoms with van der Waals surface area (Å²) in [5.41, 5.74) is -2.15. The van der Waals surface area contributed by atoms with Gasteiger partial charge in [-0.2, -0.15) is 12.6 Å². The first-order chi connectivity index (χ1) is 12.7. The van der Waals surface area contributed by atoms with E-state index in [2.05, 4.69) is 38.9 Å². The molecular weight excluding hydrogens is 368 g/mol. The molecule has 27 heavy (non-hydrogen) atoms. The van der Waals surface area contributed by atoms with Gasteiger partial charge in [-0.15, -0.1) is 26.3 Å². The summed E-state index contributed by atoms with van der Waals surface area (Å²) in [6.45, 7) is 13.1. The van der Waals surface area contributed by atoms with Gasteiger partial charge >= 0.3 is 5.97 Å². The van der Waals surface area contributed by atoms with Crippen LogP contribution in [0, 0.1) is 10.8 Å². The van der Waals surface area contributed by atoms with E-state index < -0.39 is 48.0 Å². The third-order valence-corrected chi connectivity index (χ3v) is 5.38. The Hall–Kier alpha value is -1.38. The molecule has 0 aliphatic rings. The maximum Gasteiger partial charge on any atom is 0.311 e. The van der Waals surface area contributed by atoms with Crippen LogP contribution in [0.3, 0.4) is 0 Å². The van der Waals surface area contributed by atoms with Crippen LogP contribution in [0.15, 0.2) is 50.6 Å². The molecule has 156 valence electrons. The molecule has 0 spiro atoms. The number of rotatable bonds is 14. The maximum atomic E-state index is 11.8. The quantitative estimate of drug-likeness (QED) is 0.195. The highest BCUT2D eigenvalue weighted by Crippen LogP contribution is 2.48. The summed E-state index contributed by atoms with van der Waals surface area (Å²) in [5.74, 6) is -0.888. The smallest absolute Gasteiger partial charge is 0.311 e. The number of thiol groups is 1. The molecule has 0 amide bonds. The van der Waals surface area contributed by atoms with E-state index >= 15 is 0 Å². The molecule has 6 nitrogen and oxygen atoms in total. The highest BCUT2D eigenvalue weighted by molar-refractivity contribution is 7.82. The molecule has 5 N–H and O–H groups in total. The maximum absolute atomic E-state index is 11.8. The van der Waals surface area contributed by atoms with Crippen LogP contribution in [0.1, 0.15) is 25.7 Å². The fourth-order valence-corrected chi connectivity index (χ4v) is 3.12. The standard InChI is InChI=1S/C15H22O2S.C5H12O4/c1-5-9-14(10-6-2,13(16)17)15(18,11-7-3)12-8-4;6-1-5(2-7,3-8)4-9/h5-8,18H,1-4,9-12H2,(H,16,17);6-9H,1-4H2. The number of hydrogen-bond donors (Lipinski definition) is 6. The number of aliphatic hydroxyl groups is 4. The zero-order valence-corrected chi connectivity index (χ0v) is 16.8. The van der Waals surface area contributed by atoms with Gasteiger partial charge in [0, 0.05) is 4.75 Å². The van der Waals surface area contributed by atoms with E-state index in [1.807, 2.05) is 0 Å². The Morgan fingerprint density at radius 3 is 1.19 bits per heavy atom. The summed E-state index contributed by atoms with van der Waals surface area (Å²) in [5, 5.41) is 43.6. The second-order valence-electron chi connectivity index (χ2n) is 6.52. The van der Waals surface area contributed by atoms with Crippen molar-refractivity contribution in [3.63, 3.8) is 0 Å². The van der Waals surface area contributed by atoms with Crippen molar-refractivity contribution < 1.29 is 30.3 Å². The van der Waals surface area contributed by atoms with Crippen LogP contribution in [-0.2, 0) is 4.79 Å². The van der Waals surface area contributed by atoms with Crippen LogP contribution >= 0.6 is 12.6 Å². The van der Waals surface area contributed by atoms with Crippen molar-refractivity contribution >= 4 is 18.6 Å². The minimum Gasteiger partial charge on any atom is -0.481 e. The van der Waals surface area contributed by atoms with Crippen LogP contribution in [0.4, 0.5) is 0 Å². The van der Waals surface area contributed by atoms with E-state index in [0.717, 1.165) is 0 Å². The largest absolute Gasteiger partial charge is 0.481 e. The normalized spacial score (nSPS) is 11.7. The third kappa shape index (κ3) is 7.27. The lowest BCUT2D eigenvalue weighted by Gasteiger charge is -2.43. The molecule has 0 radical (unpaired) electrons. The van der Waals surface area contributed by atoms with Crippen LogP contribution < -0.4 is 0 Å². The molecule has 0 fully saturated rings. The molecular formula is C20H34O6S. The van der Waals surface area contributed by atoms with Gasteiger partial charge in [0.25, 0.3) is 0 Å². The summed E-state index contributed by atoms with van der Waals surface area (Å²) in [7, 11) is 0. The number of allylic oxidation sites excluding steroid dienone is 4. The third-order valence-electron chi connectivity index (χ3n) is 4.59. The number of aliphatic hydroxyl groups excluding tert-OH is 4. The van der Waals surface area contributed by atoms with Gasteiger partial charge in [-0.1, -0.05) is 24.3 Å². The molecule has 0 aliphatic carbocycles. The van der Waals surface area contributed by atoms with E-state index in [4.69, 9.17) is 20.4 Å². The first-order valence-corrected chi connectivity index (χ1v) is 8.96. The molecule has 7 heteroatoms. The topological polar surface area (TPSA) is 118 Å². The number of hydrogen-bond acceptors (Lipinski definition) is 6. The van der Waals surface area contributed by atoms with Crippen molar-refractivity contribution in [1.82, 2.24) is 0 Å². The Bertz CT molecular complexity index is 447. The van der Waals surface area contributed by atoms with Crippen LogP contribution in [-0.4, -0.2) is 62.7 Å². The molecule has 0 aromatic rings. The predicted octanol–water partition coefficient (Wildman–Crippen LogP) is 1.97. The molecule has 0 saturated heterocycles. The zero-order valence-electron chi connectivity index (χ0n) is 15.9. The Morgan fingerprint density at radius 2 is 1.04 bits per heavy atom. The summed E-state index contributed by atoms with van der Waals surface area (Å²) in [6, 6.07) is 0. The number of aliphatic carboxylic acids is 1. The Kier molecular flexibility index (Phi) is 14.2. The van der Waals surface area contributed by atoms with Crippen LogP contribution in [0.25, 0.3) is 0 Å². The average Bonchev–Trinajstić information content (AvgIpc) is 2.64. The monoisotopic (exact) mass is 402 g/mol. The fraction of sp³-hybridized carbons (Fsp3) is 0.550. The second kappa shape index (κ2) is 13.7. The van der Waals surface area contributed by atoms with Gasteiger partial charge in [0.15, 0.2) is 0 Å². The molecule has 0 atom stereocenters. The van der Waals surface area contributed by atoms with Gasteiger partial charge in [-0.3, -0.25) is 4.79 Å². The van der Waals surface area contributed by atoms with Gasteiger partial charge in [-0.25, -0.2) is 0 Å². The van der Waals surface area contributed by atoms with E-state index in [1.54, 1.807) is 24.3 Å². The van der Waals surface area contributed by atoms with E-state index in [-0.39, 0.29) is 0 Å². The van der Waals surface area contributed by atoms with E-state index in [9.17, 15) is 9.90 Å². The van der Waals surface area contributed by atoms with Gasteiger partial charge in [0.05, 0.1) is 37.3 Å². The highest BCUT2D eigenvalue weighted by Gasteiger charge is 2.51. The lowest BCUT2D eigenvalue weighted by atomic mass is 9.67. The van der Waals surface area contributed by atoms with Crippen molar-refractivity contribution in [2.45, 2.75) is 30.4 Å². The molecule has 0 aromatic carbocycles. The van der Waals surface area contributed by atoms with Crippen molar-refractivity contribution in [2.75, 3.05) is 26.4 Å². The van der Waals surface area contributed by atoms with Crippen molar-refractivity contribution in [3.8, 4) is 0 Å². The average molecular weight is 403 g/mol. The first kappa shape index (κ1) is 27.8. The SMILES string of the molecule is C=CCC(S)(CC=C)C(CC=C)(CC=C)C(=O)O.OCC(CO)(CO)CO. The molecule has 0 unspecified atom stereocenters. The van der Waals surface area contributed by atoms with Crippen molar-refractivity contribution in [3.05, 3.63) is 50.6 Å². The summed E-state index contributed by atoms with van der Waals surface area (Å²) >= 11 is 4.65. The summed E-state index contributed by atoms with van der Waals surface area (Å²) < 4.78 is -0.745. The van der Waals surface area contributed by atoms with Gasteiger partial charge in [0.2, 0.25) is 0 Å². The predicted molar refractivity (Wildman–Crippen MR) is 112 cm³/mol. The molecule has 0 aromatic heterocycles. The number of carbonyl (C=O) groups is 1. The van der Waals surface area contributed by atoms with Gasteiger partial charge < -0.3 is 25.5 Å². The van der Waals surface area contributed by atoms with E-state index in [0.29, 0.717) is 25.7 Å². The zero-order chi connectivity index (χ0) is 21.6. The van der Waals surface area contributed by atoms with Gasteiger partial charge in [0.1, 0.15) is 0 Å². The molecule has 0 aliphatic heterocycles. The molecule has 0 saturated carbocycles. The van der Waals surface area contributed by atoms with Crippen LogP contribution in [0.2, 0.25) is 0 Å². The second-order valence-corrected chi connectivity index (χ2v) is 7.38. The lowest BCUT2D eigenvalue weighted by Crippen LogP contribution is -2.49. The van der Waals surface area contributed by atoms with Crippen molar-refractivity contribution in [1.29, 1.82) is 0 Å². The minimum absolute atomic E-state index is 0.333. The first-order valence-electron chi connectivity index (χ1n) is 8.51. The van der Waals surface area contributed by atoms with Gasteiger partial charge in [-0.05, 0) is 25.7 Å². The molecule has 0 heterocycles. The summed E-state index contributed by atoms with van der Waals surface area (Å²) in [6.07, 6.45) is 8.26. The molecule has 0 rings (SSSR count). The van der Waals surface area contributed by atoms with E-state index in [1.165, 1.54) is 0 Å². The Morgan fingerprint density at radius 1 is 0.741 bits per heavy atom. The minimum atomic E-state index is -1.11. The lowest BCUT2D eigenvalue weighted by molar-refractivity contribution is -0.150. The Labute approximate surface area is 167 Å². The summed E-state index contributed by atoms with van der Waals surface area (Å²) in [4.78, 5) is 11.8. The van der Waals surface area contributed by atoms with Crippen molar-refractivity contribution in [2.24, 2.45) is 10.8 Å². The number of carboxylic acids is 1. The highest BCUT2D eigenvalue weighted by atomic mass is 32.1. The van der Waals surface area contributed by atoms with Crippen LogP contribution in [0.5, 0.6) is 0 Å². The molecule has 0 bridgehead atoms. The number of carboxylic acid groups (broad SMARTS) is 1. The Balaban J connectivity index is 0.